The smallest absolute Gasteiger partial charge is 0.414 e. The number of benzene rings is 1. The van der Waals surface area contributed by atoms with Crippen LogP contribution in [0.25, 0.3) is 0 Å². The first-order chi connectivity index (χ1) is 10.6. The fraction of sp³-hybridized carbons (Fsp3) is 0.467. The van der Waals surface area contributed by atoms with E-state index in [0.29, 0.717) is 35.9 Å². The number of hydrogen-bond donors (Lipinski definition) is 1. The predicted octanol–water partition coefficient (Wildman–Crippen LogP) is 2.12. The Balaban J connectivity index is 2.61. The van der Waals surface area contributed by atoms with E-state index in [0.717, 1.165) is 5.56 Å². The molecule has 0 aliphatic carbocycles. The average Bonchev–Trinajstić information content (AvgIpc) is 2.52. The van der Waals surface area contributed by atoms with Crippen molar-refractivity contribution in [3.63, 3.8) is 0 Å². The van der Waals surface area contributed by atoms with Gasteiger partial charge in [0.25, 0.3) is 0 Å². The highest BCUT2D eigenvalue weighted by Gasteiger charge is 2.34. The molecule has 7 nitrogen and oxygen atoms in total. The van der Waals surface area contributed by atoms with Crippen LogP contribution in [0.4, 0.5) is 10.5 Å². The first-order valence-corrected chi connectivity index (χ1v) is 7.06. The highest BCUT2D eigenvalue weighted by atomic mass is 16.6. The van der Waals surface area contributed by atoms with Gasteiger partial charge in [0.15, 0.2) is 11.5 Å². The second-order valence-electron chi connectivity index (χ2n) is 4.92. The molecule has 0 saturated heterocycles. The SMILES string of the molecule is CCOC(=O)N1c2cc(OC)c(OC)cc2C(=NN)CC1C. The largest absolute Gasteiger partial charge is 0.493 e. The van der Waals surface area contributed by atoms with E-state index in [1.165, 1.54) is 0 Å². The molecule has 1 amide bonds. The summed E-state index contributed by atoms with van der Waals surface area (Å²) in [4.78, 5) is 13.9. The van der Waals surface area contributed by atoms with Crippen LogP contribution in [0.1, 0.15) is 25.8 Å². The second-order valence-corrected chi connectivity index (χ2v) is 4.92. The summed E-state index contributed by atoms with van der Waals surface area (Å²) < 4.78 is 15.8. The lowest BCUT2D eigenvalue weighted by atomic mass is 9.94. The van der Waals surface area contributed by atoms with Gasteiger partial charge in [-0.2, -0.15) is 5.10 Å². The van der Waals surface area contributed by atoms with Gasteiger partial charge in [-0.15, -0.1) is 0 Å². The second kappa shape index (κ2) is 6.55. The van der Waals surface area contributed by atoms with E-state index in [9.17, 15) is 4.79 Å². The maximum Gasteiger partial charge on any atom is 0.414 e. The van der Waals surface area contributed by atoms with Crippen LogP contribution in [-0.4, -0.2) is 38.7 Å². The molecule has 7 heteroatoms. The van der Waals surface area contributed by atoms with Crippen LogP contribution in [0.15, 0.2) is 17.2 Å². The van der Waals surface area contributed by atoms with Crippen LogP contribution >= 0.6 is 0 Å². The van der Waals surface area contributed by atoms with Crippen LogP contribution in [0, 0.1) is 0 Å². The van der Waals surface area contributed by atoms with Crippen LogP contribution in [0.2, 0.25) is 0 Å². The van der Waals surface area contributed by atoms with Crippen molar-refractivity contribution in [1.82, 2.24) is 0 Å². The van der Waals surface area contributed by atoms with Gasteiger partial charge >= 0.3 is 6.09 Å². The molecule has 1 heterocycles. The monoisotopic (exact) mass is 307 g/mol. The van der Waals surface area contributed by atoms with Crippen LogP contribution in [0.5, 0.6) is 11.5 Å². The van der Waals surface area contributed by atoms with Crippen molar-refractivity contribution >= 4 is 17.5 Å². The number of carbonyl (C=O) groups is 1. The zero-order valence-corrected chi connectivity index (χ0v) is 13.3. The van der Waals surface area contributed by atoms with Gasteiger partial charge in [-0.3, -0.25) is 4.90 Å². The number of methoxy groups -OCH3 is 2. The maximum absolute atomic E-state index is 12.3. The van der Waals surface area contributed by atoms with Crippen molar-refractivity contribution in [2.24, 2.45) is 10.9 Å². The molecule has 1 atom stereocenters. The van der Waals surface area contributed by atoms with E-state index >= 15 is 0 Å². The Labute approximate surface area is 129 Å². The van der Waals surface area contributed by atoms with Gasteiger partial charge < -0.3 is 20.1 Å². The minimum atomic E-state index is -0.403. The lowest BCUT2D eigenvalue weighted by Gasteiger charge is -2.35. The van der Waals surface area contributed by atoms with Crippen LogP contribution in [0.3, 0.4) is 0 Å². The molecule has 0 radical (unpaired) electrons. The summed E-state index contributed by atoms with van der Waals surface area (Å²) in [6, 6.07) is 3.40. The molecule has 0 saturated carbocycles. The lowest BCUT2D eigenvalue weighted by Crippen LogP contribution is -2.44. The molecular weight excluding hydrogens is 286 g/mol. The number of nitrogens with zero attached hydrogens (tertiary/aromatic N) is 2. The summed E-state index contributed by atoms with van der Waals surface area (Å²) in [7, 11) is 3.10. The van der Waals surface area contributed by atoms with Gasteiger partial charge in [0, 0.05) is 24.1 Å². The normalized spacial score (nSPS) is 18.8. The van der Waals surface area contributed by atoms with E-state index in [-0.39, 0.29) is 6.04 Å². The van der Waals surface area contributed by atoms with E-state index in [1.54, 1.807) is 38.2 Å². The van der Waals surface area contributed by atoms with Crippen LogP contribution in [-0.2, 0) is 4.74 Å². The fourth-order valence-electron chi connectivity index (χ4n) is 2.61. The predicted molar refractivity (Wildman–Crippen MR) is 83.9 cm³/mol. The summed E-state index contributed by atoms with van der Waals surface area (Å²) in [6.07, 6.45) is 0.136. The highest BCUT2D eigenvalue weighted by Crippen LogP contribution is 2.40. The zero-order valence-electron chi connectivity index (χ0n) is 13.3. The molecule has 0 bridgehead atoms. The Morgan fingerprint density at radius 2 is 2.00 bits per heavy atom. The number of nitrogens with two attached hydrogens (primary N) is 1. The topological polar surface area (TPSA) is 86.4 Å². The minimum Gasteiger partial charge on any atom is -0.493 e. The number of anilines is 1. The molecule has 1 aliphatic heterocycles. The van der Waals surface area contributed by atoms with Crippen molar-refractivity contribution in [1.29, 1.82) is 0 Å². The summed E-state index contributed by atoms with van der Waals surface area (Å²) >= 11 is 0. The van der Waals surface area contributed by atoms with Crippen LogP contribution < -0.4 is 20.2 Å². The molecular formula is C15H21N3O4. The van der Waals surface area contributed by atoms with E-state index in [1.807, 2.05) is 6.92 Å². The fourth-order valence-corrected chi connectivity index (χ4v) is 2.61. The molecule has 2 N–H and O–H groups in total. The van der Waals surface area contributed by atoms with Crippen molar-refractivity contribution < 1.29 is 19.0 Å². The first-order valence-electron chi connectivity index (χ1n) is 7.06. The standard InChI is InChI=1S/C15H21N3O4/c1-5-22-15(19)18-9(2)6-11(17-16)10-7-13(20-3)14(21-4)8-12(10)18/h7-9H,5-6,16H2,1-4H3. The number of fused-ring (bicyclic) bond motifs is 1. The number of rotatable bonds is 3. The lowest BCUT2D eigenvalue weighted by molar-refractivity contribution is 0.157. The van der Waals surface area contributed by atoms with Gasteiger partial charge in [-0.1, -0.05) is 0 Å². The molecule has 1 aromatic carbocycles. The Bertz CT molecular complexity index is 601. The Morgan fingerprint density at radius 3 is 2.55 bits per heavy atom. The summed E-state index contributed by atoms with van der Waals surface area (Å²) in [5, 5.41) is 3.85. The van der Waals surface area contributed by atoms with E-state index < -0.39 is 6.09 Å². The molecule has 1 aliphatic rings. The minimum absolute atomic E-state index is 0.119. The third kappa shape index (κ3) is 2.66. The van der Waals surface area contributed by atoms with Crippen molar-refractivity contribution in [2.75, 3.05) is 25.7 Å². The Hall–Kier alpha value is -2.44. The maximum atomic E-state index is 12.3. The Kier molecular flexibility index (Phi) is 4.75. The van der Waals surface area contributed by atoms with Gasteiger partial charge in [0.05, 0.1) is 32.2 Å². The van der Waals surface area contributed by atoms with E-state index in [2.05, 4.69) is 5.10 Å². The highest BCUT2D eigenvalue weighted by molar-refractivity contribution is 6.11. The number of ether oxygens (including phenoxy) is 3. The zero-order chi connectivity index (χ0) is 16.3. The van der Waals surface area contributed by atoms with Gasteiger partial charge in [0.1, 0.15) is 0 Å². The van der Waals surface area contributed by atoms with Crippen molar-refractivity contribution in [3.05, 3.63) is 17.7 Å². The molecule has 0 fully saturated rings. The number of carbonyl (C=O) groups excluding carboxylic acids is 1. The molecule has 0 spiro atoms. The third-order valence-electron chi connectivity index (χ3n) is 3.62. The van der Waals surface area contributed by atoms with Crippen molar-refractivity contribution in [3.8, 4) is 11.5 Å². The summed E-state index contributed by atoms with van der Waals surface area (Å²) in [6.45, 7) is 4.00. The number of amides is 1. The molecule has 0 aromatic heterocycles. The quantitative estimate of drug-likeness (QED) is 0.683. The van der Waals surface area contributed by atoms with Gasteiger partial charge in [-0.25, -0.2) is 4.79 Å². The number of hydrogen-bond acceptors (Lipinski definition) is 6. The van der Waals surface area contributed by atoms with E-state index in [4.69, 9.17) is 20.1 Å². The molecule has 2 rings (SSSR count). The summed E-state index contributed by atoms with van der Waals surface area (Å²) in [5.41, 5.74) is 2.11. The Morgan fingerprint density at radius 1 is 1.36 bits per heavy atom. The molecule has 22 heavy (non-hydrogen) atoms. The average molecular weight is 307 g/mol. The first kappa shape index (κ1) is 15.9. The summed E-state index contributed by atoms with van der Waals surface area (Å²) in [5.74, 6) is 6.59. The number of hydrazone groups is 1. The van der Waals surface area contributed by atoms with Gasteiger partial charge in [0.2, 0.25) is 0 Å². The van der Waals surface area contributed by atoms with Gasteiger partial charge in [-0.05, 0) is 19.9 Å². The van der Waals surface area contributed by atoms with Crippen molar-refractivity contribution in [2.45, 2.75) is 26.3 Å². The third-order valence-corrected chi connectivity index (χ3v) is 3.62. The molecule has 1 aromatic rings. The molecule has 1 unspecified atom stereocenters. The molecule has 120 valence electrons.